The largest absolute Gasteiger partial charge is 0.349 e. The van der Waals surface area contributed by atoms with Crippen LogP contribution in [0.5, 0.6) is 0 Å². The number of nitrogens with one attached hydrogen (secondary N) is 1. The molecule has 0 unspecified atom stereocenters. The molecule has 0 atom stereocenters. The summed E-state index contributed by atoms with van der Waals surface area (Å²) in [6.45, 7) is 1.91. The van der Waals surface area contributed by atoms with E-state index in [4.69, 9.17) is 11.6 Å². The van der Waals surface area contributed by atoms with Crippen molar-refractivity contribution in [3.05, 3.63) is 29.6 Å². The Morgan fingerprint density at radius 1 is 1.44 bits per heavy atom. The number of hydrogen-bond donors (Lipinski definition) is 1. The highest BCUT2D eigenvalue weighted by atomic mass is 35.5. The monoisotopic (exact) mass is 266 g/mol. The third-order valence-corrected chi connectivity index (χ3v) is 4.10. The molecule has 1 saturated carbocycles. The first-order valence-electron chi connectivity index (χ1n) is 6.48. The lowest BCUT2D eigenvalue weighted by molar-refractivity contribution is 0.0922. The Morgan fingerprint density at radius 3 is 2.78 bits per heavy atom. The molecule has 0 saturated heterocycles. The lowest BCUT2D eigenvalue weighted by Gasteiger charge is -2.28. The Bertz CT molecular complexity index is 414. The molecule has 3 nitrogen and oxygen atoms in total. The van der Waals surface area contributed by atoms with Gasteiger partial charge in [-0.3, -0.25) is 9.78 Å². The number of alkyl halides is 1. The highest BCUT2D eigenvalue weighted by Gasteiger charge is 2.22. The first-order chi connectivity index (χ1) is 8.70. The zero-order valence-corrected chi connectivity index (χ0v) is 11.4. The number of hydrogen-bond acceptors (Lipinski definition) is 2. The van der Waals surface area contributed by atoms with Crippen molar-refractivity contribution in [2.75, 3.05) is 5.88 Å². The molecule has 1 fully saturated rings. The van der Waals surface area contributed by atoms with E-state index >= 15 is 0 Å². The van der Waals surface area contributed by atoms with E-state index < -0.39 is 0 Å². The maximum absolute atomic E-state index is 12.1. The average molecular weight is 267 g/mol. The lowest BCUT2D eigenvalue weighted by Crippen LogP contribution is -2.38. The quantitative estimate of drug-likeness (QED) is 0.855. The first kappa shape index (κ1) is 13.3. The van der Waals surface area contributed by atoms with Gasteiger partial charge >= 0.3 is 0 Å². The minimum atomic E-state index is 0.0178. The smallest absolute Gasteiger partial charge is 0.251 e. The Hall–Kier alpha value is -1.09. The van der Waals surface area contributed by atoms with Crippen molar-refractivity contribution in [1.82, 2.24) is 10.3 Å². The van der Waals surface area contributed by atoms with E-state index in [2.05, 4.69) is 10.3 Å². The van der Waals surface area contributed by atoms with Crippen molar-refractivity contribution in [2.45, 2.75) is 38.6 Å². The molecule has 1 aromatic heterocycles. The van der Waals surface area contributed by atoms with Crippen molar-refractivity contribution in [1.29, 1.82) is 0 Å². The lowest BCUT2D eigenvalue weighted by atomic mass is 9.87. The summed E-state index contributed by atoms with van der Waals surface area (Å²) >= 11 is 5.86. The van der Waals surface area contributed by atoms with Crippen LogP contribution in [0.1, 0.15) is 41.6 Å². The van der Waals surface area contributed by atoms with Crippen LogP contribution in [0.2, 0.25) is 0 Å². The minimum Gasteiger partial charge on any atom is -0.349 e. The predicted octanol–water partition coefficient (Wildman–Crippen LogP) is 2.92. The van der Waals surface area contributed by atoms with Crippen molar-refractivity contribution in [3.63, 3.8) is 0 Å². The molecule has 0 bridgehead atoms. The van der Waals surface area contributed by atoms with Gasteiger partial charge in [-0.15, -0.1) is 11.6 Å². The summed E-state index contributed by atoms with van der Waals surface area (Å²) in [5.74, 6) is 1.39. The average Bonchev–Trinajstić information content (AvgIpc) is 2.40. The van der Waals surface area contributed by atoms with Crippen molar-refractivity contribution < 1.29 is 4.79 Å². The van der Waals surface area contributed by atoms with Crippen LogP contribution in [-0.4, -0.2) is 22.8 Å². The molecule has 1 heterocycles. The van der Waals surface area contributed by atoms with Gasteiger partial charge in [0.2, 0.25) is 0 Å². The van der Waals surface area contributed by atoms with E-state index in [9.17, 15) is 4.79 Å². The van der Waals surface area contributed by atoms with Crippen LogP contribution >= 0.6 is 11.6 Å². The second-order valence-corrected chi connectivity index (χ2v) is 5.34. The summed E-state index contributed by atoms with van der Waals surface area (Å²) < 4.78 is 0. The maximum Gasteiger partial charge on any atom is 0.251 e. The first-order valence-corrected chi connectivity index (χ1v) is 7.01. The number of carbonyl (C=O) groups is 1. The number of nitrogens with zero attached hydrogens (tertiary/aromatic N) is 1. The summed E-state index contributed by atoms with van der Waals surface area (Å²) in [6.07, 6.45) is 7.68. The minimum absolute atomic E-state index is 0.0178. The second-order valence-electron chi connectivity index (χ2n) is 5.04. The molecule has 0 spiro atoms. The van der Waals surface area contributed by atoms with E-state index in [1.54, 1.807) is 18.5 Å². The summed E-state index contributed by atoms with van der Waals surface area (Å²) in [5.41, 5.74) is 1.65. The van der Waals surface area contributed by atoms with Crippen molar-refractivity contribution in [3.8, 4) is 0 Å². The van der Waals surface area contributed by atoms with Gasteiger partial charge in [-0.2, -0.15) is 0 Å². The number of amides is 1. The molecule has 1 amide bonds. The number of rotatable bonds is 3. The van der Waals surface area contributed by atoms with E-state index in [0.717, 1.165) is 42.7 Å². The second kappa shape index (κ2) is 6.19. The SMILES string of the molecule is Cc1cnccc1C(=O)NC1CCC(CCl)CC1. The molecule has 2 rings (SSSR count). The topological polar surface area (TPSA) is 42.0 Å². The standard InChI is InChI=1S/C14H19ClN2O/c1-10-9-16-7-6-13(10)14(18)17-12-4-2-11(8-15)3-5-12/h6-7,9,11-12H,2-5,8H2,1H3,(H,17,18). The fourth-order valence-corrected chi connectivity index (χ4v) is 2.76. The molecule has 1 aromatic rings. The van der Waals surface area contributed by atoms with Crippen LogP contribution in [0.3, 0.4) is 0 Å². The Labute approximate surface area is 113 Å². The fourth-order valence-electron chi connectivity index (χ4n) is 2.45. The molecule has 1 N–H and O–H groups in total. The molecule has 4 heteroatoms. The normalized spacial score (nSPS) is 23.7. The molecule has 1 aliphatic rings. The number of aryl methyl sites for hydroxylation is 1. The molecule has 1 aliphatic carbocycles. The fraction of sp³-hybridized carbons (Fsp3) is 0.571. The number of pyridine rings is 1. The van der Waals surface area contributed by atoms with Crippen LogP contribution in [-0.2, 0) is 0 Å². The van der Waals surface area contributed by atoms with Gasteiger partial charge in [-0.05, 0) is 50.2 Å². The van der Waals surface area contributed by atoms with Crippen LogP contribution in [0.25, 0.3) is 0 Å². The maximum atomic E-state index is 12.1. The van der Waals surface area contributed by atoms with Crippen LogP contribution in [0, 0.1) is 12.8 Å². The third-order valence-electron chi connectivity index (χ3n) is 3.67. The van der Waals surface area contributed by atoms with Crippen LogP contribution in [0.15, 0.2) is 18.5 Å². The molecule has 0 aromatic carbocycles. The van der Waals surface area contributed by atoms with Gasteiger partial charge in [0.25, 0.3) is 5.91 Å². The van der Waals surface area contributed by atoms with E-state index in [0.29, 0.717) is 12.0 Å². The molecule has 0 radical (unpaired) electrons. The third kappa shape index (κ3) is 3.22. The van der Waals surface area contributed by atoms with E-state index in [-0.39, 0.29) is 5.91 Å². The Kier molecular flexibility index (Phi) is 4.59. The molecule has 98 valence electrons. The van der Waals surface area contributed by atoms with Crippen molar-refractivity contribution in [2.24, 2.45) is 5.92 Å². The van der Waals surface area contributed by atoms with Crippen LogP contribution < -0.4 is 5.32 Å². The van der Waals surface area contributed by atoms with Crippen LogP contribution in [0.4, 0.5) is 0 Å². The zero-order valence-electron chi connectivity index (χ0n) is 10.7. The highest BCUT2D eigenvalue weighted by Crippen LogP contribution is 2.25. The van der Waals surface area contributed by atoms with Gasteiger partial charge in [-0.25, -0.2) is 0 Å². The summed E-state index contributed by atoms with van der Waals surface area (Å²) in [7, 11) is 0. The summed E-state index contributed by atoms with van der Waals surface area (Å²) in [4.78, 5) is 16.1. The Morgan fingerprint density at radius 2 is 2.17 bits per heavy atom. The molecule has 18 heavy (non-hydrogen) atoms. The van der Waals surface area contributed by atoms with Gasteiger partial charge in [0, 0.05) is 29.9 Å². The molecule has 0 aliphatic heterocycles. The molecular formula is C14H19ClN2O. The highest BCUT2D eigenvalue weighted by molar-refractivity contribution is 6.18. The molecular weight excluding hydrogens is 248 g/mol. The number of carbonyl (C=O) groups excluding carboxylic acids is 1. The van der Waals surface area contributed by atoms with Gasteiger partial charge < -0.3 is 5.32 Å². The summed E-state index contributed by atoms with van der Waals surface area (Å²) in [5, 5.41) is 3.11. The van der Waals surface area contributed by atoms with E-state index in [1.165, 1.54) is 0 Å². The van der Waals surface area contributed by atoms with E-state index in [1.807, 2.05) is 6.92 Å². The number of halogens is 1. The Balaban J connectivity index is 1.91. The summed E-state index contributed by atoms with van der Waals surface area (Å²) in [6, 6.07) is 2.07. The van der Waals surface area contributed by atoms with Gasteiger partial charge in [-0.1, -0.05) is 0 Å². The zero-order chi connectivity index (χ0) is 13.0. The van der Waals surface area contributed by atoms with Crippen molar-refractivity contribution >= 4 is 17.5 Å². The van der Waals surface area contributed by atoms with Gasteiger partial charge in [0.1, 0.15) is 0 Å². The van der Waals surface area contributed by atoms with Gasteiger partial charge in [0.05, 0.1) is 0 Å². The van der Waals surface area contributed by atoms with Gasteiger partial charge in [0.15, 0.2) is 0 Å². The predicted molar refractivity (Wildman–Crippen MR) is 72.9 cm³/mol. The number of aromatic nitrogens is 1.